The fourth-order valence-electron chi connectivity index (χ4n) is 1.74. The van der Waals surface area contributed by atoms with Crippen molar-refractivity contribution in [3.05, 3.63) is 64.2 Å². The van der Waals surface area contributed by atoms with Gasteiger partial charge in [0.1, 0.15) is 0 Å². The van der Waals surface area contributed by atoms with Gasteiger partial charge in [0.25, 0.3) is 5.91 Å². The van der Waals surface area contributed by atoms with Crippen molar-refractivity contribution in [1.29, 1.82) is 0 Å². The van der Waals surface area contributed by atoms with Crippen LogP contribution in [-0.2, 0) is 9.53 Å². The fourth-order valence-corrected chi connectivity index (χ4v) is 1.74. The lowest BCUT2D eigenvalue weighted by Gasteiger charge is -2.13. The summed E-state index contributed by atoms with van der Waals surface area (Å²) in [7, 11) is 0. The molecule has 1 aromatic carbocycles. The lowest BCUT2D eigenvalue weighted by Crippen LogP contribution is -2.30. The highest BCUT2D eigenvalue weighted by molar-refractivity contribution is 5.97. The summed E-state index contributed by atoms with van der Waals surface area (Å²) in [4.78, 5) is 37.3. The van der Waals surface area contributed by atoms with E-state index in [0.29, 0.717) is 0 Å². The number of rotatable bonds is 5. The molecule has 0 unspecified atom stereocenters. The zero-order valence-corrected chi connectivity index (χ0v) is 12.4. The summed E-state index contributed by atoms with van der Waals surface area (Å²) in [6.45, 7) is 1.33. The van der Waals surface area contributed by atoms with Gasteiger partial charge >= 0.3 is 11.7 Å². The number of benzene rings is 1. The maximum atomic E-state index is 13.2. The first-order valence-corrected chi connectivity index (χ1v) is 6.74. The van der Waals surface area contributed by atoms with Crippen molar-refractivity contribution in [3.8, 4) is 0 Å². The van der Waals surface area contributed by atoms with Crippen LogP contribution in [0, 0.1) is 15.9 Å². The van der Waals surface area contributed by atoms with Crippen molar-refractivity contribution in [2.75, 3.05) is 5.32 Å². The maximum Gasteiger partial charge on any atom is 0.340 e. The summed E-state index contributed by atoms with van der Waals surface area (Å²) < 4.78 is 18.2. The second kappa shape index (κ2) is 7.27. The number of nitro benzene ring substituents is 1. The quantitative estimate of drug-likeness (QED) is 0.510. The number of anilines is 1. The first kappa shape index (κ1) is 17.0. The van der Waals surface area contributed by atoms with E-state index >= 15 is 0 Å². The number of halogens is 1. The van der Waals surface area contributed by atoms with Gasteiger partial charge in [0.05, 0.1) is 10.5 Å². The second-order valence-electron chi connectivity index (χ2n) is 4.70. The van der Waals surface area contributed by atoms with Crippen LogP contribution >= 0.6 is 0 Å². The molecule has 8 nitrogen and oxygen atoms in total. The number of aromatic nitrogens is 1. The summed E-state index contributed by atoms with van der Waals surface area (Å²) in [6, 6.07) is 5.92. The van der Waals surface area contributed by atoms with Crippen molar-refractivity contribution in [2.24, 2.45) is 0 Å². The van der Waals surface area contributed by atoms with Crippen LogP contribution in [0.4, 0.5) is 15.8 Å². The van der Waals surface area contributed by atoms with Crippen LogP contribution < -0.4 is 5.32 Å². The van der Waals surface area contributed by atoms with E-state index in [4.69, 9.17) is 4.74 Å². The van der Waals surface area contributed by atoms with Gasteiger partial charge in [-0.05, 0) is 31.2 Å². The standard InChI is InChI=1S/C15H12FN3O5/c1-9(24-15(21)10-3-2-6-17-8-10)14(20)18-11-4-5-12(16)13(7-11)19(22)23/h2-9H,1H3,(H,18,20)/t9-/m0/s1. The Kier molecular flexibility index (Phi) is 5.15. The van der Waals surface area contributed by atoms with Crippen molar-refractivity contribution in [2.45, 2.75) is 13.0 Å². The van der Waals surface area contributed by atoms with Crippen LogP contribution in [0.15, 0.2) is 42.7 Å². The third kappa shape index (κ3) is 4.09. The Morgan fingerprint density at radius 3 is 2.75 bits per heavy atom. The molecule has 0 aliphatic heterocycles. The van der Waals surface area contributed by atoms with E-state index in [0.717, 1.165) is 18.2 Å². The first-order chi connectivity index (χ1) is 11.4. The third-order valence-electron chi connectivity index (χ3n) is 2.96. The molecule has 0 aliphatic rings. The number of nitro groups is 1. The van der Waals surface area contributed by atoms with Gasteiger partial charge in [0.2, 0.25) is 5.82 Å². The van der Waals surface area contributed by atoms with E-state index in [-0.39, 0.29) is 11.3 Å². The number of hydrogen-bond donors (Lipinski definition) is 1. The molecule has 0 fully saturated rings. The van der Waals surface area contributed by atoms with Crippen LogP contribution in [0.1, 0.15) is 17.3 Å². The maximum absolute atomic E-state index is 13.2. The lowest BCUT2D eigenvalue weighted by atomic mass is 10.2. The molecule has 2 aromatic rings. The zero-order valence-electron chi connectivity index (χ0n) is 12.4. The predicted octanol–water partition coefficient (Wildman–Crippen LogP) is 2.31. The van der Waals surface area contributed by atoms with Crippen molar-refractivity contribution in [3.63, 3.8) is 0 Å². The molecule has 1 amide bonds. The predicted molar refractivity (Wildman–Crippen MR) is 80.8 cm³/mol. The minimum atomic E-state index is -1.16. The van der Waals surface area contributed by atoms with E-state index in [2.05, 4.69) is 10.3 Å². The molecule has 124 valence electrons. The Bertz CT molecular complexity index is 782. The molecule has 0 aliphatic carbocycles. The van der Waals surface area contributed by atoms with Crippen molar-refractivity contribution in [1.82, 2.24) is 4.98 Å². The van der Waals surface area contributed by atoms with Crippen molar-refractivity contribution < 1.29 is 23.6 Å². The van der Waals surface area contributed by atoms with E-state index in [1.54, 1.807) is 6.07 Å². The molecule has 9 heteroatoms. The van der Waals surface area contributed by atoms with Crippen LogP contribution in [0.25, 0.3) is 0 Å². The van der Waals surface area contributed by atoms with Gasteiger partial charge < -0.3 is 10.1 Å². The number of nitrogens with zero attached hydrogens (tertiary/aromatic N) is 2. The topological polar surface area (TPSA) is 111 Å². The molecule has 1 atom stereocenters. The minimum Gasteiger partial charge on any atom is -0.449 e. The van der Waals surface area contributed by atoms with Crippen LogP contribution in [0.2, 0.25) is 0 Å². The molecule has 0 radical (unpaired) electrons. The summed E-state index contributed by atoms with van der Waals surface area (Å²) in [6.07, 6.45) is 1.60. The number of amides is 1. The molecule has 1 N–H and O–H groups in total. The van der Waals surface area contributed by atoms with E-state index < -0.39 is 34.4 Å². The highest BCUT2D eigenvalue weighted by Crippen LogP contribution is 2.21. The summed E-state index contributed by atoms with van der Waals surface area (Å²) >= 11 is 0. The Hall–Kier alpha value is -3.36. The van der Waals surface area contributed by atoms with E-state index in [9.17, 15) is 24.1 Å². The Balaban J connectivity index is 2.03. The summed E-state index contributed by atoms with van der Waals surface area (Å²) in [5, 5.41) is 13.0. The molecule has 0 saturated carbocycles. The average Bonchev–Trinajstić information content (AvgIpc) is 2.57. The highest BCUT2D eigenvalue weighted by atomic mass is 19.1. The number of carbonyl (C=O) groups is 2. The normalized spacial score (nSPS) is 11.4. The Labute approximate surface area is 135 Å². The van der Waals surface area contributed by atoms with E-state index in [1.165, 1.54) is 25.4 Å². The van der Waals surface area contributed by atoms with Gasteiger partial charge in [0, 0.05) is 24.1 Å². The third-order valence-corrected chi connectivity index (χ3v) is 2.96. The number of nitrogens with one attached hydrogen (secondary N) is 1. The SMILES string of the molecule is C[C@H](OC(=O)c1cccnc1)C(=O)Nc1ccc(F)c([N+](=O)[O-])c1. The Morgan fingerprint density at radius 1 is 1.38 bits per heavy atom. The first-order valence-electron chi connectivity index (χ1n) is 6.74. The molecular weight excluding hydrogens is 321 g/mol. The number of esters is 1. The summed E-state index contributed by atoms with van der Waals surface area (Å²) in [5.74, 6) is -2.47. The number of ether oxygens (including phenoxy) is 1. The highest BCUT2D eigenvalue weighted by Gasteiger charge is 2.21. The van der Waals surface area contributed by atoms with Crippen LogP contribution in [0.5, 0.6) is 0 Å². The smallest absolute Gasteiger partial charge is 0.340 e. The molecule has 1 aromatic heterocycles. The van der Waals surface area contributed by atoms with Crippen LogP contribution in [0.3, 0.4) is 0 Å². The molecule has 0 bridgehead atoms. The van der Waals surface area contributed by atoms with Gasteiger partial charge in [-0.3, -0.25) is 19.9 Å². The molecule has 0 spiro atoms. The number of hydrogen-bond acceptors (Lipinski definition) is 6. The van der Waals surface area contributed by atoms with Crippen molar-refractivity contribution >= 4 is 23.3 Å². The summed E-state index contributed by atoms with van der Waals surface area (Å²) in [5.41, 5.74) is -0.584. The largest absolute Gasteiger partial charge is 0.449 e. The fraction of sp³-hybridized carbons (Fsp3) is 0.133. The molecule has 24 heavy (non-hydrogen) atoms. The number of pyridine rings is 1. The van der Waals surface area contributed by atoms with Gasteiger partial charge in [-0.25, -0.2) is 4.79 Å². The molecule has 2 rings (SSSR count). The second-order valence-corrected chi connectivity index (χ2v) is 4.70. The number of carbonyl (C=O) groups excluding carboxylic acids is 2. The van der Waals surface area contributed by atoms with Gasteiger partial charge in [0.15, 0.2) is 6.10 Å². The van der Waals surface area contributed by atoms with Crippen LogP contribution in [-0.4, -0.2) is 27.9 Å². The molecular formula is C15H12FN3O5. The lowest BCUT2D eigenvalue weighted by molar-refractivity contribution is -0.387. The minimum absolute atomic E-state index is 0.0115. The van der Waals surface area contributed by atoms with Gasteiger partial charge in [-0.1, -0.05) is 0 Å². The molecule has 1 heterocycles. The Morgan fingerprint density at radius 2 is 2.12 bits per heavy atom. The van der Waals surface area contributed by atoms with Gasteiger partial charge in [-0.15, -0.1) is 0 Å². The zero-order chi connectivity index (χ0) is 17.7. The molecule has 0 saturated heterocycles. The van der Waals surface area contributed by atoms with E-state index in [1.807, 2.05) is 0 Å². The van der Waals surface area contributed by atoms with Gasteiger partial charge in [-0.2, -0.15) is 4.39 Å². The average molecular weight is 333 g/mol. The monoisotopic (exact) mass is 333 g/mol.